The Kier molecular flexibility index (Phi) is 6.42. The van der Waals surface area contributed by atoms with Gasteiger partial charge < -0.3 is 5.73 Å². The molecule has 0 aliphatic heterocycles. The van der Waals surface area contributed by atoms with Gasteiger partial charge >= 0.3 is 0 Å². The van der Waals surface area contributed by atoms with E-state index in [1.807, 2.05) is 0 Å². The zero-order valence-corrected chi connectivity index (χ0v) is 15.0. The van der Waals surface area contributed by atoms with Crippen molar-refractivity contribution in [1.82, 2.24) is 4.90 Å². The lowest BCUT2D eigenvalue weighted by atomic mass is 10.0. The summed E-state index contributed by atoms with van der Waals surface area (Å²) in [6.07, 6.45) is 0.978. The van der Waals surface area contributed by atoms with Crippen molar-refractivity contribution in [2.45, 2.75) is 38.9 Å². The van der Waals surface area contributed by atoms with E-state index >= 15 is 0 Å². The molecule has 2 atom stereocenters. The molecule has 0 amide bonds. The fraction of sp³-hybridized carbons (Fsp3) is 0.412. The van der Waals surface area contributed by atoms with Crippen molar-refractivity contribution in [1.29, 1.82) is 0 Å². The lowest BCUT2D eigenvalue weighted by Gasteiger charge is -2.34. The van der Waals surface area contributed by atoms with E-state index in [9.17, 15) is 0 Å². The van der Waals surface area contributed by atoms with Gasteiger partial charge in [-0.1, -0.05) is 44.2 Å². The van der Waals surface area contributed by atoms with Crippen LogP contribution in [0.5, 0.6) is 0 Å². The van der Waals surface area contributed by atoms with Crippen molar-refractivity contribution in [3.05, 3.63) is 56.7 Å². The first-order valence-electron chi connectivity index (χ1n) is 7.44. The molecule has 0 radical (unpaired) electrons. The van der Waals surface area contributed by atoms with Crippen molar-refractivity contribution >= 4 is 27.3 Å². The smallest absolute Gasteiger partial charge is 0.0702 e. The second kappa shape index (κ2) is 8.08. The number of nitrogens with two attached hydrogens (primary N) is 1. The number of hydrogen-bond donors (Lipinski definition) is 1. The zero-order chi connectivity index (χ0) is 15.2. The van der Waals surface area contributed by atoms with Crippen molar-refractivity contribution in [3.63, 3.8) is 0 Å². The fourth-order valence-corrected chi connectivity index (χ4v) is 4.23. The van der Waals surface area contributed by atoms with Gasteiger partial charge in [0.25, 0.3) is 0 Å². The third-order valence-corrected chi connectivity index (χ3v) is 5.48. The van der Waals surface area contributed by atoms with Crippen molar-refractivity contribution < 1.29 is 0 Å². The Balaban J connectivity index is 2.25. The maximum atomic E-state index is 6.44. The number of halogens is 1. The minimum atomic E-state index is 0.152. The summed E-state index contributed by atoms with van der Waals surface area (Å²) >= 11 is 5.36. The summed E-state index contributed by atoms with van der Waals surface area (Å²) in [6.45, 7) is 6.30. The van der Waals surface area contributed by atoms with Crippen LogP contribution in [-0.4, -0.2) is 17.5 Å². The van der Waals surface area contributed by atoms with E-state index in [1.54, 1.807) is 11.3 Å². The number of benzene rings is 1. The molecule has 0 bridgehead atoms. The molecule has 0 aliphatic carbocycles. The Hall–Kier alpha value is -0.680. The Morgan fingerprint density at radius 2 is 1.86 bits per heavy atom. The van der Waals surface area contributed by atoms with Crippen molar-refractivity contribution in [3.8, 4) is 0 Å². The number of rotatable bonds is 7. The minimum Gasteiger partial charge on any atom is -0.326 e. The molecule has 0 saturated carbocycles. The van der Waals surface area contributed by atoms with Gasteiger partial charge in [0.15, 0.2) is 0 Å². The molecule has 114 valence electrons. The number of thiophene rings is 1. The summed E-state index contributed by atoms with van der Waals surface area (Å²) in [5.41, 5.74) is 7.77. The molecule has 2 nitrogen and oxygen atoms in total. The molecular weight excluding hydrogens is 344 g/mol. The van der Waals surface area contributed by atoms with Gasteiger partial charge in [-0.05, 0) is 46.6 Å². The standard InChI is InChI=1S/C17H23BrN2S/c1-3-14(19)17(15-10-11-16(18)21-15)20(4-2)12-13-8-6-5-7-9-13/h5-11,14,17H,3-4,12,19H2,1-2H3. The van der Waals surface area contributed by atoms with Crippen molar-refractivity contribution in [2.24, 2.45) is 5.73 Å². The topological polar surface area (TPSA) is 29.3 Å². The van der Waals surface area contributed by atoms with Crippen molar-refractivity contribution in [2.75, 3.05) is 6.54 Å². The molecule has 2 aromatic rings. The second-order valence-corrected chi connectivity index (χ2v) is 7.70. The van der Waals surface area contributed by atoms with Gasteiger partial charge in [-0.2, -0.15) is 0 Å². The number of likely N-dealkylation sites (N-methyl/N-ethyl adjacent to an activating group) is 1. The van der Waals surface area contributed by atoms with E-state index in [2.05, 4.69) is 77.1 Å². The molecule has 1 aromatic carbocycles. The highest BCUT2D eigenvalue weighted by atomic mass is 79.9. The highest BCUT2D eigenvalue weighted by Crippen LogP contribution is 2.34. The highest BCUT2D eigenvalue weighted by Gasteiger charge is 2.26. The fourth-order valence-electron chi connectivity index (χ4n) is 2.60. The van der Waals surface area contributed by atoms with Crippen LogP contribution in [0.2, 0.25) is 0 Å². The van der Waals surface area contributed by atoms with E-state index in [-0.39, 0.29) is 12.1 Å². The second-order valence-electron chi connectivity index (χ2n) is 5.21. The maximum Gasteiger partial charge on any atom is 0.0702 e. The van der Waals surface area contributed by atoms with E-state index in [1.165, 1.54) is 14.2 Å². The Morgan fingerprint density at radius 3 is 2.38 bits per heavy atom. The van der Waals surface area contributed by atoms with E-state index in [0.717, 1.165) is 19.5 Å². The van der Waals surface area contributed by atoms with Crippen LogP contribution in [0.25, 0.3) is 0 Å². The molecule has 0 spiro atoms. The summed E-state index contributed by atoms with van der Waals surface area (Å²) < 4.78 is 1.17. The molecular formula is C17H23BrN2S. The van der Waals surface area contributed by atoms with Gasteiger partial charge in [0.05, 0.1) is 9.83 Å². The first-order chi connectivity index (χ1) is 10.2. The van der Waals surface area contributed by atoms with Gasteiger partial charge in [-0.3, -0.25) is 4.90 Å². The van der Waals surface area contributed by atoms with Gasteiger partial charge in [0.1, 0.15) is 0 Å². The number of nitrogens with zero attached hydrogens (tertiary/aromatic N) is 1. The minimum absolute atomic E-state index is 0.152. The Bertz CT molecular complexity index is 541. The van der Waals surface area contributed by atoms with Crippen LogP contribution in [0.3, 0.4) is 0 Å². The summed E-state index contributed by atoms with van der Waals surface area (Å²) in [6, 6.07) is 15.4. The normalized spacial score (nSPS) is 14.3. The lowest BCUT2D eigenvalue weighted by Crippen LogP contribution is -2.40. The molecule has 4 heteroatoms. The molecule has 0 saturated heterocycles. The third kappa shape index (κ3) is 4.39. The quantitative estimate of drug-likeness (QED) is 0.761. The zero-order valence-electron chi connectivity index (χ0n) is 12.6. The molecule has 0 fully saturated rings. The Morgan fingerprint density at radius 1 is 1.14 bits per heavy atom. The largest absolute Gasteiger partial charge is 0.326 e. The summed E-state index contributed by atoms with van der Waals surface area (Å²) in [5.74, 6) is 0. The molecule has 2 unspecified atom stereocenters. The third-order valence-electron chi connectivity index (χ3n) is 3.79. The predicted octanol–water partition coefficient (Wildman–Crippen LogP) is 4.81. The van der Waals surface area contributed by atoms with Gasteiger partial charge in [0.2, 0.25) is 0 Å². The van der Waals surface area contributed by atoms with Crippen LogP contribution in [0.4, 0.5) is 0 Å². The molecule has 21 heavy (non-hydrogen) atoms. The molecule has 2 N–H and O–H groups in total. The van der Waals surface area contributed by atoms with Crippen LogP contribution in [0.1, 0.15) is 36.8 Å². The average molecular weight is 367 g/mol. The summed E-state index contributed by atoms with van der Waals surface area (Å²) in [4.78, 5) is 3.82. The first kappa shape index (κ1) is 16.7. The first-order valence-corrected chi connectivity index (χ1v) is 9.05. The maximum absolute atomic E-state index is 6.44. The van der Waals surface area contributed by atoms with E-state index < -0.39 is 0 Å². The summed E-state index contributed by atoms with van der Waals surface area (Å²) in [5, 5.41) is 0. The predicted molar refractivity (Wildman–Crippen MR) is 95.6 cm³/mol. The van der Waals surface area contributed by atoms with Gasteiger partial charge in [0, 0.05) is 17.5 Å². The van der Waals surface area contributed by atoms with E-state index in [0.29, 0.717) is 0 Å². The molecule has 0 aliphatic rings. The van der Waals surface area contributed by atoms with Gasteiger partial charge in [-0.25, -0.2) is 0 Å². The average Bonchev–Trinajstić information content (AvgIpc) is 2.93. The van der Waals surface area contributed by atoms with Crippen LogP contribution >= 0.6 is 27.3 Å². The highest BCUT2D eigenvalue weighted by molar-refractivity contribution is 9.11. The number of hydrogen-bond acceptors (Lipinski definition) is 3. The van der Waals surface area contributed by atoms with Crippen LogP contribution in [-0.2, 0) is 6.54 Å². The van der Waals surface area contributed by atoms with Gasteiger partial charge in [-0.15, -0.1) is 11.3 Å². The molecule has 1 aromatic heterocycles. The lowest BCUT2D eigenvalue weighted by molar-refractivity contribution is 0.172. The van der Waals surface area contributed by atoms with Crippen LogP contribution < -0.4 is 5.73 Å². The Labute approximate surface area is 140 Å². The van der Waals surface area contributed by atoms with Crippen LogP contribution in [0, 0.1) is 0 Å². The SMILES string of the molecule is CCC(N)C(c1ccc(Br)s1)N(CC)Cc1ccccc1. The van der Waals surface area contributed by atoms with Crippen LogP contribution in [0.15, 0.2) is 46.3 Å². The molecule has 2 rings (SSSR count). The molecule has 1 heterocycles. The monoisotopic (exact) mass is 366 g/mol. The summed E-state index contributed by atoms with van der Waals surface area (Å²) in [7, 11) is 0. The van der Waals surface area contributed by atoms with E-state index in [4.69, 9.17) is 5.73 Å².